The highest BCUT2D eigenvalue weighted by molar-refractivity contribution is 7.13. The quantitative estimate of drug-likeness (QED) is 0.444. The van der Waals surface area contributed by atoms with Gasteiger partial charge in [0.1, 0.15) is 0 Å². The molecule has 13 heavy (non-hydrogen) atoms. The number of unbranched alkanes of at least 4 members (excludes halogenated alkanes) is 1. The van der Waals surface area contributed by atoms with E-state index in [0.717, 1.165) is 23.6 Å². The second kappa shape index (κ2) is 8.01. The monoisotopic (exact) mass is 221 g/mol. The van der Waals surface area contributed by atoms with Crippen LogP contribution < -0.4 is 0 Å². The first-order chi connectivity index (χ1) is 6.22. The first kappa shape index (κ1) is 12.4. The van der Waals surface area contributed by atoms with E-state index in [1.54, 1.807) is 11.4 Å². The number of thiophene rings is 1. The molecule has 0 spiro atoms. The summed E-state index contributed by atoms with van der Waals surface area (Å²) < 4.78 is 0. The Morgan fingerprint density at radius 1 is 1.69 bits per heavy atom. The molecule has 0 aliphatic rings. The topological polar surface area (TPSA) is 43.1 Å². The summed E-state index contributed by atoms with van der Waals surface area (Å²) in [5.74, 6) is 0.816. The molecule has 1 rings (SSSR count). The SMILES string of the molecule is CCCCCl.O=[N+]([O-])c1cccs1. The molecule has 0 fully saturated rings. The van der Waals surface area contributed by atoms with Gasteiger partial charge in [-0.2, -0.15) is 0 Å². The molecule has 0 aliphatic heterocycles. The van der Waals surface area contributed by atoms with Gasteiger partial charge in [-0.15, -0.1) is 11.6 Å². The average molecular weight is 222 g/mol. The Morgan fingerprint density at radius 2 is 2.38 bits per heavy atom. The van der Waals surface area contributed by atoms with E-state index in [0.29, 0.717) is 0 Å². The van der Waals surface area contributed by atoms with Crippen LogP contribution in [0.5, 0.6) is 0 Å². The molecule has 0 atom stereocenters. The van der Waals surface area contributed by atoms with Gasteiger partial charge in [-0.05, 0) is 17.9 Å². The van der Waals surface area contributed by atoms with Crippen molar-refractivity contribution in [1.29, 1.82) is 0 Å². The van der Waals surface area contributed by atoms with Gasteiger partial charge in [0.15, 0.2) is 0 Å². The van der Waals surface area contributed by atoms with Crippen molar-refractivity contribution >= 4 is 27.9 Å². The third-order valence-corrected chi connectivity index (χ3v) is 2.26. The van der Waals surface area contributed by atoms with Crippen molar-refractivity contribution in [2.75, 3.05) is 5.88 Å². The zero-order valence-corrected chi connectivity index (χ0v) is 8.98. The number of hydrogen-bond donors (Lipinski definition) is 0. The lowest BCUT2D eigenvalue weighted by molar-refractivity contribution is -0.380. The molecule has 1 aromatic rings. The van der Waals surface area contributed by atoms with Gasteiger partial charge in [-0.1, -0.05) is 24.7 Å². The van der Waals surface area contributed by atoms with Crippen LogP contribution in [0.1, 0.15) is 19.8 Å². The summed E-state index contributed by atoms with van der Waals surface area (Å²) in [6.45, 7) is 2.13. The molecular formula is C8H12ClNO2S. The maximum atomic E-state index is 9.88. The molecule has 1 heterocycles. The fraction of sp³-hybridized carbons (Fsp3) is 0.500. The minimum Gasteiger partial charge on any atom is -0.258 e. The predicted octanol–water partition coefficient (Wildman–Crippen LogP) is 3.68. The van der Waals surface area contributed by atoms with Gasteiger partial charge in [0, 0.05) is 11.9 Å². The summed E-state index contributed by atoms with van der Waals surface area (Å²) in [6.07, 6.45) is 2.37. The highest BCUT2D eigenvalue weighted by Crippen LogP contribution is 2.16. The molecule has 0 saturated heterocycles. The lowest BCUT2D eigenvalue weighted by Crippen LogP contribution is -1.80. The van der Waals surface area contributed by atoms with Crippen LogP contribution in [0, 0.1) is 10.1 Å². The maximum absolute atomic E-state index is 9.88. The molecule has 1 aromatic heterocycles. The van der Waals surface area contributed by atoms with Crippen molar-refractivity contribution in [3.8, 4) is 0 Å². The summed E-state index contributed by atoms with van der Waals surface area (Å²) in [6, 6.07) is 3.13. The second-order valence-electron chi connectivity index (χ2n) is 2.25. The number of rotatable bonds is 3. The molecule has 0 bridgehead atoms. The van der Waals surface area contributed by atoms with E-state index in [-0.39, 0.29) is 5.00 Å². The molecule has 0 saturated carbocycles. The maximum Gasteiger partial charge on any atom is 0.324 e. The standard InChI is InChI=1S/C4H9Cl.C4H3NO2S/c1-2-3-4-5;6-5(7)4-2-1-3-8-4/h2-4H2,1H3;1-3H. The van der Waals surface area contributed by atoms with Crippen LogP contribution in [0.3, 0.4) is 0 Å². The van der Waals surface area contributed by atoms with E-state index >= 15 is 0 Å². The van der Waals surface area contributed by atoms with E-state index in [1.807, 2.05) is 0 Å². The van der Waals surface area contributed by atoms with Gasteiger partial charge in [0.2, 0.25) is 0 Å². The van der Waals surface area contributed by atoms with Crippen LogP contribution in [0.4, 0.5) is 5.00 Å². The normalized spacial score (nSPS) is 8.77. The van der Waals surface area contributed by atoms with Crippen LogP contribution in [-0.4, -0.2) is 10.8 Å². The predicted molar refractivity (Wildman–Crippen MR) is 56.6 cm³/mol. The number of nitro groups is 1. The molecule has 5 heteroatoms. The number of hydrogen-bond acceptors (Lipinski definition) is 3. The van der Waals surface area contributed by atoms with Crippen LogP contribution in [0.2, 0.25) is 0 Å². The molecule has 3 nitrogen and oxygen atoms in total. The lowest BCUT2D eigenvalue weighted by atomic mass is 10.4. The zero-order chi connectivity index (χ0) is 10.1. The first-order valence-electron chi connectivity index (χ1n) is 3.96. The van der Waals surface area contributed by atoms with E-state index in [9.17, 15) is 10.1 Å². The summed E-state index contributed by atoms with van der Waals surface area (Å²) in [5.41, 5.74) is 0. The Morgan fingerprint density at radius 3 is 2.54 bits per heavy atom. The second-order valence-corrected chi connectivity index (χ2v) is 3.56. The van der Waals surface area contributed by atoms with Crippen molar-refractivity contribution in [3.63, 3.8) is 0 Å². The smallest absolute Gasteiger partial charge is 0.258 e. The number of alkyl halides is 1. The third-order valence-electron chi connectivity index (χ3n) is 1.17. The summed E-state index contributed by atoms with van der Waals surface area (Å²) in [4.78, 5) is 9.48. The first-order valence-corrected chi connectivity index (χ1v) is 5.37. The molecular weight excluding hydrogens is 210 g/mol. The zero-order valence-electron chi connectivity index (χ0n) is 7.40. The third kappa shape index (κ3) is 6.54. The van der Waals surface area contributed by atoms with Crippen LogP contribution >= 0.6 is 22.9 Å². The fourth-order valence-electron chi connectivity index (χ4n) is 0.507. The van der Waals surface area contributed by atoms with E-state index in [1.165, 1.54) is 12.5 Å². The molecule has 74 valence electrons. The van der Waals surface area contributed by atoms with E-state index < -0.39 is 4.92 Å². The van der Waals surface area contributed by atoms with Crippen molar-refractivity contribution in [1.82, 2.24) is 0 Å². The van der Waals surface area contributed by atoms with Gasteiger partial charge in [0.05, 0.1) is 4.92 Å². The van der Waals surface area contributed by atoms with Gasteiger partial charge >= 0.3 is 5.00 Å². The summed E-state index contributed by atoms with van der Waals surface area (Å²) >= 11 is 6.43. The van der Waals surface area contributed by atoms with Gasteiger partial charge in [0.25, 0.3) is 0 Å². The minimum absolute atomic E-state index is 0.199. The van der Waals surface area contributed by atoms with Gasteiger partial charge in [-0.25, -0.2) is 0 Å². The molecule has 0 aromatic carbocycles. The number of nitrogens with zero attached hydrogens (tertiary/aromatic N) is 1. The summed E-state index contributed by atoms with van der Waals surface area (Å²) in [5, 5.41) is 11.8. The Balaban J connectivity index is 0.000000252. The molecule has 0 amide bonds. The van der Waals surface area contributed by atoms with Gasteiger partial charge < -0.3 is 0 Å². The number of halogens is 1. The lowest BCUT2D eigenvalue weighted by Gasteiger charge is -1.77. The van der Waals surface area contributed by atoms with Crippen molar-refractivity contribution in [3.05, 3.63) is 27.6 Å². The van der Waals surface area contributed by atoms with Crippen LogP contribution in [0.25, 0.3) is 0 Å². The van der Waals surface area contributed by atoms with Crippen LogP contribution in [0.15, 0.2) is 17.5 Å². The van der Waals surface area contributed by atoms with E-state index in [2.05, 4.69) is 6.92 Å². The van der Waals surface area contributed by atoms with E-state index in [4.69, 9.17) is 11.6 Å². The van der Waals surface area contributed by atoms with Gasteiger partial charge in [-0.3, -0.25) is 10.1 Å². The highest BCUT2D eigenvalue weighted by atomic mass is 35.5. The Hall–Kier alpha value is -0.610. The minimum atomic E-state index is -0.398. The Labute approximate surface area is 86.5 Å². The molecule has 0 unspecified atom stereocenters. The molecule has 0 aliphatic carbocycles. The van der Waals surface area contributed by atoms with Crippen molar-refractivity contribution in [2.24, 2.45) is 0 Å². The average Bonchev–Trinajstić information content (AvgIpc) is 2.58. The fourth-order valence-corrected chi connectivity index (χ4v) is 1.31. The Kier molecular flexibility index (Phi) is 7.63. The van der Waals surface area contributed by atoms with Crippen molar-refractivity contribution in [2.45, 2.75) is 19.8 Å². The van der Waals surface area contributed by atoms with Crippen molar-refractivity contribution < 1.29 is 4.92 Å². The van der Waals surface area contributed by atoms with Crippen LogP contribution in [-0.2, 0) is 0 Å². The highest BCUT2D eigenvalue weighted by Gasteiger charge is 2.01. The largest absolute Gasteiger partial charge is 0.324 e. The Bertz CT molecular complexity index is 224. The molecule has 0 radical (unpaired) electrons. The summed E-state index contributed by atoms with van der Waals surface area (Å²) in [7, 11) is 0. The molecule has 0 N–H and O–H groups in total.